The Hall–Kier alpha value is -0.698. The maximum atomic E-state index is 11.2. The van der Waals surface area contributed by atoms with Crippen LogP contribution in [0.15, 0.2) is 12.1 Å². The minimum absolute atomic E-state index is 1.02. The van der Waals surface area contributed by atoms with Gasteiger partial charge < -0.3 is 23.4 Å². The number of aryl methyl sites for hydroxylation is 1. The monoisotopic (exact) mass is 623 g/mol. The molecule has 0 bridgehead atoms. The van der Waals surface area contributed by atoms with E-state index < -0.39 is 15.6 Å². The zero-order chi connectivity index (χ0) is 33.5. The number of nitrogens with zero attached hydrogens (tertiary/aromatic N) is 2. The second-order valence-electron chi connectivity index (χ2n) is 12.7. The second-order valence-corrected chi connectivity index (χ2v) is 16.5. The summed E-state index contributed by atoms with van der Waals surface area (Å²) in [6, 6.07) is 4.38. The molecule has 1 aromatic rings. The average Bonchev–Trinajstić information content (AvgIpc) is 3.01. The van der Waals surface area contributed by atoms with Crippen molar-refractivity contribution < 1.29 is 23.4 Å². The second kappa shape index (κ2) is 24.5. The van der Waals surface area contributed by atoms with Crippen LogP contribution in [0.3, 0.4) is 0 Å². The summed E-state index contributed by atoms with van der Waals surface area (Å²) >= 11 is 0. The molecule has 5 nitrogen and oxygen atoms in total. The SMILES string of the molecule is CCCCc1ccc([Si](C)(C)OB([O-])[O-])c(CCCC)c1CCCC.CC[N+](CC)(CC)CC.CC[N+](CC)(CC)CC. The zero-order valence-electron chi connectivity index (χ0n) is 31.4. The van der Waals surface area contributed by atoms with Gasteiger partial charge >= 0.3 is 0 Å². The van der Waals surface area contributed by atoms with Gasteiger partial charge in [-0.05, 0) is 129 Å². The van der Waals surface area contributed by atoms with Gasteiger partial charge in [0, 0.05) is 7.32 Å². The lowest BCUT2D eigenvalue weighted by Gasteiger charge is -2.38. The van der Waals surface area contributed by atoms with Crippen LogP contribution in [-0.2, 0) is 23.6 Å². The molecule has 0 fully saturated rings. The molecular weight excluding hydrogens is 547 g/mol. The molecule has 0 spiro atoms. The summed E-state index contributed by atoms with van der Waals surface area (Å²) < 4.78 is 7.91. The fraction of sp³-hybridized carbons (Fsp3) is 0.833. The van der Waals surface area contributed by atoms with Crippen molar-refractivity contribution in [2.75, 3.05) is 52.4 Å². The maximum absolute atomic E-state index is 11.2. The third kappa shape index (κ3) is 15.9. The van der Waals surface area contributed by atoms with E-state index in [0.29, 0.717) is 0 Å². The predicted molar refractivity (Wildman–Crippen MR) is 191 cm³/mol. The van der Waals surface area contributed by atoms with Crippen molar-refractivity contribution in [2.45, 2.75) is 147 Å². The Kier molecular flexibility index (Phi) is 25.3. The number of quaternary nitrogens is 2. The summed E-state index contributed by atoms with van der Waals surface area (Å²) in [6.07, 6.45) is 10.2. The first-order valence-corrected chi connectivity index (χ1v) is 21.1. The van der Waals surface area contributed by atoms with Gasteiger partial charge in [-0.3, -0.25) is 0 Å². The molecule has 0 aliphatic carbocycles. The van der Waals surface area contributed by atoms with Crippen molar-refractivity contribution >= 4 is 20.8 Å². The van der Waals surface area contributed by atoms with E-state index in [2.05, 4.69) is 88.3 Å². The molecule has 0 atom stereocenters. The lowest BCUT2D eigenvalue weighted by atomic mass is 9.91. The molecular formula is C36H75BN2O3Si. The van der Waals surface area contributed by atoms with E-state index in [1.807, 2.05) is 13.1 Å². The minimum Gasteiger partial charge on any atom is -0.872 e. The van der Waals surface area contributed by atoms with Gasteiger partial charge in [-0.15, -0.1) is 0 Å². The summed E-state index contributed by atoms with van der Waals surface area (Å²) in [5.41, 5.74) is 4.30. The van der Waals surface area contributed by atoms with Crippen LogP contribution in [0.1, 0.15) is 131 Å². The molecule has 254 valence electrons. The molecule has 0 radical (unpaired) electrons. The summed E-state index contributed by atoms with van der Waals surface area (Å²) in [4.78, 5) is 0. The maximum Gasteiger partial charge on any atom is 0.199 e. The molecule has 0 heterocycles. The Balaban J connectivity index is 0. The van der Waals surface area contributed by atoms with Crippen molar-refractivity contribution in [3.8, 4) is 0 Å². The van der Waals surface area contributed by atoms with E-state index in [-0.39, 0.29) is 0 Å². The van der Waals surface area contributed by atoms with Crippen molar-refractivity contribution in [1.29, 1.82) is 0 Å². The molecule has 0 saturated heterocycles. The lowest BCUT2D eigenvalue weighted by molar-refractivity contribution is -0.921. The van der Waals surface area contributed by atoms with Crippen LogP contribution in [0.25, 0.3) is 0 Å². The van der Waals surface area contributed by atoms with E-state index in [1.54, 1.807) is 0 Å². The lowest BCUT2D eigenvalue weighted by Crippen LogP contribution is -2.59. The summed E-state index contributed by atoms with van der Waals surface area (Å²) in [5.74, 6) is 0. The van der Waals surface area contributed by atoms with E-state index in [9.17, 15) is 10.0 Å². The van der Waals surface area contributed by atoms with Gasteiger partial charge in [-0.1, -0.05) is 52.2 Å². The van der Waals surface area contributed by atoms with E-state index in [1.165, 1.54) is 104 Å². The molecule has 0 amide bonds. The van der Waals surface area contributed by atoms with Gasteiger partial charge in [-0.2, -0.15) is 0 Å². The Morgan fingerprint density at radius 2 is 0.907 bits per heavy atom. The van der Waals surface area contributed by atoms with Crippen LogP contribution in [0.5, 0.6) is 0 Å². The molecule has 0 aliphatic rings. The van der Waals surface area contributed by atoms with E-state index in [0.717, 1.165) is 37.3 Å². The van der Waals surface area contributed by atoms with Crippen LogP contribution >= 0.6 is 0 Å². The Labute approximate surface area is 271 Å². The van der Waals surface area contributed by atoms with Gasteiger partial charge in [0.2, 0.25) is 0 Å². The highest BCUT2D eigenvalue weighted by molar-refractivity contribution is 6.87. The molecule has 0 saturated carbocycles. The van der Waals surface area contributed by atoms with Crippen LogP contribution in [0.4, 0.5) is 0 Å². The highest BCUT2D eigenvalue weighted by Crippen LogP contribution is 2.23. The summed E-state index contributed by atoms with van der Waals surface area (Å²) in [5, 5.41) is 23.5. The molecule has 0 unspecified atom stereocenters. The van der Waals surface area contributed by atoms with Crippen molar-refractivity contribution in [1.82, 2.24) is 0 Å². The quantitative estimate of drug-likeness (QED) is 0.121. The van der Waals surface area contributed by atoms with E-state index >= 15 is 0 Å². The predicted octanol–water partition coefficient (Wildman–Crippen LogP) is 6.61. The number of unbranched alkanes of at least 4 members (excludes halogenated alkanes) is 3. The van der Waals surface area contributed by atoms with E-state index in [4.69, 9.17) is 4.34 Å². The third-order valence-corrected chi connectivity index (χ3v) is 12.8. The van der Waals surface area contributed by atoms with Crippen LogP contribution < -0.4 is 15.2 Å². The summed E-state index contributed by atoms with van der Waals surface area (Å²) in [7, 11) is -4.68. The molecule has 7 heteroatoms. The van der Waals surface area contributed by atoms with Gasteiger partial charge in [0.05, 0.1) is 52.4 Å². The van der Waals surface area contributed by atoms with Crippen LogP contribution in [-0.4, -0.2) is 77.0 Å². The zero-order valence-corrected chi connectivity index (χ0v) is 32.4. The Morgan fingerprint density at radius 3 is 1.21 bits per heavy atom. The highest BCUT2D eigenvalue weighted by Gasteiger charge is 2.28. The molecule has 1 rings (SSSR count). The number of hydrogen-bond donors (Lipinski definition) is 0. The fourth-order valence-corrected chi connectivity index (χ4v) is 8.29. The number of hydrogen-bond acceptors (Lipinski definition) is 3. The first-order valence-electron chi connectivity index (χ1n) is 18.2. The van der Waals surface area contributed by atoms with Gasteiger partial charge in [-0.25, -0.2) is 0 Å². The normalized spacial score (nSPS) is 11.9. The van der Waals surface area contributed by atoms with Crippen LogP contribution in [0.2, 0.25) is 13.1 Å². The third-order valence-electron chi connectivity index (χ3n) is 10.3. The molecule has 0 aromatic heterocycles. The number of benzene rings is 1. The van der Waals surface area contributed by atoms with Crippen molar-refractivity contribution in [3.05, 3.63) is 28.8 Å². The molecule has 43 heavy (non-hydrogen) atoms. The highest BCUT2D eigenvalue weighted by atomic mass is 28.4. The van der Waals surface area contributed by atoms with Crippen molar-refractivity contribution in [3.63, 3.8) is 0 Å². The largest absolute Gasteiger partial charge is 0.872 e. The van der Waals surface area contributed by atoms with Crippen LogP contribution in [0, 0.1) is 0 Å². The average molecular weight is 623 g/mol. The number of rotatable bonds is 20. The first kappa shape index (κ1) is 44.4. The molecule has 0 N–H and O–H groups in total. The first-order chi connectivity index (χ1) is 20.4. The van der Waals surface area contributed by atoms with Gasteiger partial charge in [0.25, 0.3) is 0 Å². The smallest absolute Gasteiger partial charge is 0.199 e. The van der Waals surface area contributed by atoms with Gasteiger partial charge in [0.1, 0.15) is 0 Å². The molecule has 0 aliphatic heterocycles. The summed E-state index contributed by atoms with van der Waals surface area (Å²) in [6.45, 7) is 39.1. The molecule has 1 aromatic carbocycles. The Morgan fingerprint density at radius 1 is 0.558 bits per heavy atom. The van der Waals surface area contributed by atoms with Gasteiger partial charge in [0.15, 0.2) is 8.32 Å². The standard InChI is InChI=1S/C20H35BO3Si.2C8H20N/c1-6-9-12-17-15-16-20(25(4,5)24-21(22)23)19(14-11-8-3)18(17)13-10-7-2;2*1-5-9(6-2,7-3)8-4/h15-16H,6-14H2,1-5H3;2*5-8H2,1-4H3/q-2;2*+1. The topological polar surface area (TPSA) is 55.3 Å². The fourth-order valence-electron chi connectivity index (χ4n) is 6.20. The minimum atomic E-state index is -2.49. The van der Waals surface area contributed by atoms with Crippen molar-refractivity contribution in [2.24, 2.45) is 0 Å². The Bertz CT molecular complexity index is 757.